The minimum absolute atomic E-state index is 0.288. The zero-order chi connectivity index (χ0) is 25.0. The van der Waals surface area contributed by atoms with Gasteiger partial charge in [-0.2, -0.15) is 14.7 Å². The Bertz CT molecular complexity index is 1450. The molecule has 0 aliphatic carbocycles. The third-order valence-electron chi connectivity index (χ3n) is 7.17. The van der Waals surface area contributed by atoms with Gasteiger partial charge in [0.15, 0.2) is 17.1 Å². The van der Waals surface area contributed by atoms with Crippen molar-refractivity contribution in [3.8, 4) is 22.6 Å². The van der Waals surface area contributed by atoms with E-state index < -0.39 is 0 Å². The fraction of sp³-hybridized carbons (Fsp3) is 0.423. The summed E-state index contributed by atoms with van der Waals surface area (Å²) in [5.41, 5.74) is 6.01. The Hall–Kier alpha value is -3.79. The molecule has 2 saturated heterocycles. The predicted molar refractivity (Wildman–Crippen MR) is 137 cm³/mol. The first kappa shape index (κ1) is 22.7. The average Bonchev–Trinajstić information content (AvgIpc) is 3.32. The van der Waals surface area contributed by atoms with Crippen LogP contribution in [0.4, 0.5) is 11.6 Å². The molecule has 0 atom stereocenters. The van der Waals surface area contributed by atoms with Crippen LogP contribution in [0.3, 0.4) is 0 Å². The Balaban J connectivity index is 1.44. The summed E-state index contributed by atoms with van der Waals surface area (Å²) >= 11 is 0. The smallest absolute Gasteiger partial charge is 0.167 e. The van der Waals surface area contributed by atoms with E-state index >= 15 is 0 Å². The van der Waals surface area contributed by atoms with Crippen LogP contribution in [-0.2, 0) is 18.3 Å². The van der Waals surface area contributed by atoms with Gasteiger partial charge < -0.3 is 24.4 Å². The van der Waals surface area contributed by atoms with E-state index in [1.807, 2.05) is 48.3 Å². The standard InChI is InChI=1S/C26H31N7O3/c1-16-8-19(31(3)29-16)11-27-22-10-23(32-12-26(13-32)14-36-15-26)28-25-24(17(2)30-33(22)25)18-6-7-20(34-4)21(9-18)35-5/h6-10,27H,11-15H2,1-5H3. The lowest BCUT2D eigenvalue weighted by Crippen LogP contribution is -2.66. The number of anilines is 2. The third-order valence-corrected chi connectivity index (χ3v) is 7.17. The van der Waals surface area contributed by atoms with Crippen LogP contribution in [0.25, 0.3) is 16.8 Å². The summed E-state index contributed by atoms with van der Waals surface area (Å²) in [4.78, 5) is 7.43. The van der Waals surface area contributed by atoms with Gasteiger partial charge in [0.25, 0.3) is 0 Å². The van der Waals surface area contributed by atoms with Gasteiger partial charge in [-0.05, 0) is 37.6 Å². The molecule has 3 aromatic heterocycles. The molecule has 188 valence electrons. The van der Waals surface area contributed by atoms with Crippen LogP contribution in [0.5, 0.6) is 11.5 Å². The molecule has 10 heteroatoms. The van der Waals surface area contributed by atoms with Crippen LogP contribution < -0.4 is 19.7 Å². The summed E-state index contributed by atoms with van der Waals surface area (Å²) in [6.07, 6.45) is 0. The molecule has 0 amide bonds. The van der Waals surface area contributed by atoms with Crippen LogP contribution in [0.2, 0.25) is 0 Å². The highest BCUT2D eigenvalue weighted by Gasteiger charge is 2.49. The SMILES string of the molecule is COc1ccc(-c2c(C)nn3c(NCc4cc(C)nn4C)cc(N4CC5(COC5)C4)nc23)cc1OC. The normalized spacial score (nSPS) is 16.2. The second kappa shape index (κ2) is 8.41. The molecule has 2 aliphatic heterocycles. The summed E-state index contributed by atoms with van der Waals surface area (Å²) in [5, 5.41) is 12.9. The van der Waals surface area contributed by atoms with Crippen molar-refractivity contribution in [3.63, 3.8) is 0 Å². The number of aromatic nitrogens is 5. The van der Waals surface area contributed by atoms with Gasteiger partial charge >= 0.3 is 0 Å². The molecule has 10 nitrogen and oxygen atoms in total. The molecule has 1 N–H and O–H groups in total. The number of rotatable bonds is 7. The largest absolute Gasteiger partial charge is 0.493 e. The Morgan fingerprint density at radius 1 is 1.03 bits per heavy atom. The average molecular weight is 490 g/mol. The number of ether oxygens (including phenoxy) is 3. The molecule has 0 radical (unpaired) electrons. The van der Waals surface area contributed by atoms with Crippen LogP contribution in [0, 0.1) is 19.3 Å². The van der Waals surface area contributed by atoms with Crippen molar-refractivity contribution in [1.82, 2.24) is 24.4 Å². The van der Waals surface area contributed by atoms with E-state index in [1.165, 1.54) is 0 Å². The molecular formula is C26H31N7O3. The van der Waals surface area contributed by atoms with Crippen LogP contribution in [-0.4, -0.2) is 64.9 Å². The maximum Gasteiger partial charge on any atom is 0.167 e. The van der Waals surface area contributed by atoms with Crippen molar-refractivity contribution in [2.75, 3.05) is 50.7 Å². The summed E-state index contributed by atoms with van der Waals surface area (Å²) in [7, 11) is 5.25. The predicted octanol–water partition coefficient (Wildman–Crippen LogP) is 3.21. The third kappa shape index (κ3) is 3.63. The van der Waals surface area contributed by atoms with Crippen molar-refractivity contribution in [2.45, 2.75) is 20.4 Å². The Morgan fingerprint density at radius 3 is 2.44 bits per heavy atom. The second-order valence-corrected chi connectivity index (χ2v) is 9.87. The molecular weight excluding hydrogens is 458 g/mol. The lowest BCUT2D eigenvalue weighted by Gasteiger charge is -2.55. The molecule has 1 aromatic carbocycles. The van der Waals surface area contributed by atoms with Gasteiger partial charge in [-0.3, -0.25) is 4.68 Å². The minimum Gasteiger partial charge on any atom is -0.493 e. The summed E-state index contributed by atoms with van der Waals surface area (Å²) in [6.45, 7) is 8.21. The number of nitrogens with zero attached hydrogens (tertiary/aromatic N) is 6. The van der Waals surface area contributed by atoms with Crippen molar-refractivity contribution >= 4 is 17.3 Å². The highest BCUT2D eigenvalue weighted by molar-refractivity contribution is 5.83. The van der Waals surface area contributed by atoms with Gasteiger partial charge in [0.1, 0.15) is 11.6 Å². The topological polar surface area (TPSA) is 91.0 Å². The van der Waals surface area contributed by atoms with Gasteiger partial charge in [0.2, 0.25) is 0 Å². The number of hydrogen-bond donors (Lipinski definition) is 1. The first-order chi connectivity index (χ1) is 17.4. The van der Waals surface area contributed by atoms with Gasteiger partial charge in [-0.1, -0.05) is 6.07 Å². The quantitative estimate of drug-likeness (QED) is 0.423. The summed E-state index contributed by atoms with van der Waals surface area (Å²) in [6, 6.07) is 10.1. The lowest BCUT2D eigenvalue weighted by molar-refractivity contribution is -0.127. The van der Waals surface area contributed by atoms with Crippen molar-refractivity contribution in [2.24, 2.45) is 12.5 Å². The summed E-state index contributed by atoms with van der Waals surface area (Å²) < 4.78 is 20.3. The fourth-order valence-corrected chi connectivity index (χ4v) is 5.24. The highest BCUT2D eigenvalue weighted by Crippen LogP contribution is 2.41. The zero-order valence-electron chi connectivity index (χ0n) is 21.3. The monoisotopic (exact) mass is 489 g/mol. The van der Waals surface area contributed by atoms with Gasteiger partial charge in [0.05, 0.1) is 56.5 Å². The number of fused-ring (bicyclic) bond motifs is 1. The first-order valence-electron chi connectivity index (χ1n) is 12.1. The van der Waals surface area contributed by atoms with Crippen molar-refractivity contribution in [3.05, 3.63) is 47.4 Å². The van der Waals surface area contributed by atoms with Crippen molar-refractivity contribution in [1.29, 1.82) is 0 Å². The highest BCUT2D eigenvalue weighted by atomic mass is 16.5. The van der Waals surface area contributed by atoms with Crippen LogP contribution in [0.1, 0.15) is 17.1 Å². The van der Waals surface area contributed by atoms with Crippen molar-refractivity contribution < 1.29 is 14.2 Å². The maximum absolute atomic E-state index is 5.57. The number of aryl methyl sites for hydroxylation is 3. The van der Waals surface area contributed by atoms with E-state index in [9.17, 15) is 0 Å². The van der Waals surface area contributed by atoms with E-state index in [2.05, 4.69) is 27.4 Å². The number of nitrogens with one attached hydrogen (secondary N) is 1. The summed E-state index contributed by atoms with van der Waals surface area (Å²) in [5.74, 6) is 3.18. The molecule has 0 bridgehead atoms. The number of hydrogen-bond acceptors (Lipinski definition) is 8. The van der Waals surface area contributed by atoms with E-state index in [1.54, 1.807) is 14.2 Å². The second-order valence-electron chi connectivity index (χ2n) is 9.87. The Labute approximate surface area is 209 Å². The number of benzene rings is 1. The first-order valence-corrected chi connectivity index (χ1v) is 12.1. The Kier molecular flexibility index (Phi) is 5.29. The molecule has 36 heavy (non-hydrogen) atoms. The van der Waals surface area contributed by atoms with Crippen LogP contribution in [0.15, 0.2) is 30.3 Å². The molecule has 6 rings (SSSR count). The van der Waals surface area contributed by atoms with Gasteiger partial charge in [-0.25, -0.2) is 4.98 Å². The van der Waals surface area contributed by atoms with Gasteiger partial charge in [0, 0.05) is 31.8 Å². The number of methoxy groups -OCH3 is 2. The fourth-order valence-electron chi connectivity index (χ4n) is 5.24. The molecule has 2 fully saturated rings. The van der Waals surface area contributed by atoms with E-state index in [4.69, 9.17) is 24.3 Å². The molecule has 0 unspecified atom stereocenters. The Morgan fingerprint density at radius 2 is 1.81 bits per heavy atom. The minimum atomic E-state index is 0.288. The molecule has 0 saturated carbocycles. The van der Waals surface area contributed by atoms with E-state index in [0.717, 1.165) is 71.8 Å². The molecule has 5 heterocycles. The maximum atomic E-state index is 5.57. The molecule has 2 aliphatic rings. The van der Waals surface area contributed by atoms with Crippen LogP contribution >= 0.6 is 0 Å². The lowest BCUT2D eigenvalue weighted by atomic mass is 9.78. The molecule has 4 aromatic rings. The zero-order valence-corrected chi connectivity index (χ0v) is 21.3. The van der Waals surface area contributed by atoms with E-state index in [-0.39, 0.29) is 5.41 Å². The van der Waals surface area contributed by atoms with Gasteiger partial charge in [-0.15, -0.1) is 0 Å². The molecule has 1 spiro atoms. The van der Waals surface area contributed by atoms with E-state index in [0.29, 0.717) is 18.0 Å².